The van der Waals surface area contributed by atoms with Crippen LogP contribution in [0.3, 0.4) is 0 Å². The number of benzene rings is 1. The Hall–Kier alpha value is -3.97. The van der Waals surface area contributed by atoms with E-state index in [0.29, 0.717) is 31.8 Å². The molecule has 8 N–H and O–H groups in total. The number of rotatable bonds is 14. The van der Waals surface area contributed by atoms with E-state index in [1.165, 1.54) is 5.01 Å². The molecular weight excluding hydrogens is 534 g/mol. The molecule has 0 unspecified atom stereocenters. The highest BCUT2D eigenvalue weighted by atomic mass is 16.3. The molecular formula is C31H45N7O4. The van der Waals surface area contributed by atoms with Gasteiger partial charge in [0.15, 0.2) is 0 Å². The van der Waals surface area contributed by atoms with Crippen LogP contribution in [0.1, 0.15) is 23.9 Å². The number of nitrogens with one attached hydrogen (secondary N) is 1. The lowest BCUT2D eigenvalue weighted by Gasteiger charge is -2.26. The quantitative estimate of drug-likeness (QED) is 0.0707. The van der Waals surface area contributed by atoms with Gasteiger partial charge in [-0.05, 0) is 55.9 Å². The first-order valence-corrected chi connectivity index (χ1v) is 13.4. The Labute approximate surface area is 248 Å². The van der Waals surface area contributed by atoms with Crippen LogP contribution in [0, 0.1) is 0 Å². The van der Waals surface area contributed by atoms with E-state index in [1.54, 1.807) is 31.7 Å². The van der Waals surface area contributed by atoms with Crippen LogP contribution < -0.4 is 21.9 Å². The number of nitrogens with two attached hydrogens (primary N) is 2. The number of pyridine rings is 2. The van der Waals surface area contributed by atoms with Crippen molar-refractivity contribution < 1.29 is 20.1 Å². The number of hydrogen-bond acceptors (Lipinski definition) is 11. The summed E-state index contributed by atoms with van der Waals surface area (Å²) < 4.78 is 0. The van der Waals surface area contributed by atoms with Gasteiger partial charge in [0, 0.05) is 50.3 Å². The zero-order valence-electron chi connectivity index (χ0n) is 24.5. The third-order valence-electron chi connectivity index (χ3n) is 5.93. The molecule has 11 nitrogen and oxygen atoms in total. The number of aldehydes is 1. The van der Waals surface area contributed by atoms with E-state index in [0.717, 1.165) is 28.9 Å². The number of carbonyl (C=O) groups excluding carboxylic acids is 1. The van der Waals surface area contributed by atoms with Crippen LogP contribution in [0.2, 0.25) is 0 Å². The molecule has 0 saturated carbocycles. The van der Waals surface area contributed by atoms with Gasteiger partial charge in [0.25, 0.3) is 0 Å². The van der Waals surface area contributed by atoms with E-state index in [4.69, 9.17) is 26.9 Å². The van der Waals surface area contributed by atoms with E-state index in [-0.39, 0.29) is 19.8 Å². The van der Waals surface area contributed by atoms with Crippen LogP contribution in [0.15, 0.2) is 97.6 Å². The largest absolute Gasteiger partial charge is 0.400 e. The molecule has 0 aliphatic rings. The van der Waals surface area contributed by atoms with Gasteiger partial charge in [0.2, 0.25) is 0 Å². The van der Waals surface area contributed by atoms with Crippen molar-refractivity contribution in [1.82, 2.24) is 20.2 Å². The van der Waals surface area contributed by atoms with Crippen molar-refractivity contribution in [2.24, 2.45) is 11.6 Å². The van der Waals surface area contributed by atoms with Crippen LogP contribution in [-0.2, 0) is 24.3 Å². The minimum atomic E-state index is -0.917. The SMILES string of the molecule is C=CC.CNC(CO)(CO)CO.N/C(=C\N(N)c1ccc(CC=O)cc1)CN(Cc1ccccn1)Cc1ccccn1. The third-order valence-corrected chi connectivity index (χ3v) is 5.93. The normalized spacial score (nSPS) is 11.1. The Morgan fingerprint density at radius 1 is 0.952 bits per heavy atom. The molecule has 0 aliphatic heterocycles. The van der Waals surface area contributed by atoms with Crippen molar-refractivity contribution in [3.05, 3.63) is 115 Å². The van der Waals surface area contributed by atoms with Gasteiger partial charge in [-0.3, -0.25) is 19.9 Å². The standard InChI is InChI=1S/C23H26N6O.C5H13NO3.C3H6/c24-20(16-29(25)23-9-7-19(8-10-23)11-14-30)15-28(17-21-5-1-3-12-26-21)18-22-6-2-4-13-27-22;1-6-5(2-7,3-8)4-9;1-3-2/h1-10,12-14,16H,11,15,17-18,24-25H2;6-9H,2-4H2,1H3;3H,1H2,2H3/b20-16-;;. The molecule has 0 amide bonds. The number of likely N-dealkylation sites (N-methyl/N-ethyl adjacent to an activating group) is 1. The lowest BCUT2D eigenvalue weighted by molar-refractivity contribution is -0.107. The number of carbonyl (C=O) groups is 1. The van der Waals surface area contributed by atoms with Crippen molar-refractivity contribution in [3.8, 4) is 0 Å². The van der Waals surface area contributed by atoms with Crippen LogP contribution in [0.25, 0.3) is 0 Å². The zero-order valence-corrected chi connectivity index (χ0v) is 24.5. The predicted octanol–water partition coefficient (Wildman–Crippen LogP) is 1.51. The summed E-state index contributed by atoms with van der Waals surface area (Å²) in [6, 6.07) is 19.2. The minimum absolute atomic E-state index is 0.267. The van der Waals surface area contributed by atoms with Gasteiger partial charge in [0.05, 0.1) is 42.4 Å². The van der Waals surface area contributed by atoms with Crippen molar-refractivity contribution in [1.29, 1.82) is 0 Å². The highest BCUT2D eigenvalue weighted by molar-refractivity contribution is 5.57. The predicted molar refractivity (Wildman–Crippen MR) is 167 cm³/mol. The summed E-state index contributed by atoms with van der Waals surface area (Å²) in [5, 5.41) is 29.9. The van der Waals surface area contributed by atoms with Crippen LogP contribution in [-0.4, -0.2) is 75.4 Å². The third kappa shape index (κ3) is 13.6. The number of hydrogen-bond donors (Lipinski definition) is 6. The molecule has 228 valence electrons. The van der Waals surface area contributed by atoms with Gasteiger partial charge in [-0.1, -0.05) is 30.3 Å². The molecule has 2 aromatic heterocycles. The fourth-order valence-electron chi connectivity index (χ4n) is 3.45. The maximum atomic E-state index is 10.6. The number of nitrogens with zero attached hydrogens (tertiary/aromatic N) is 4. The van der Waals surface area contributed by atoms with Gasteiger partial charge in [0.1, 0.15) is 6.29 Å². The first-order chi connectivity index (χ1) is 20.3. The molecule has 0 spiro atoms. The first kappa shape index (κ1) is 36.1. The maximum absolute atomic E-state index is 10.6. The molecule has 11 heteroatoms. The lowest BCUT2D eigenvalue weighted by Crippen LogP contribution is -2.52. The van der Waals surface area contributed by atoms with Gasteiger partial charge in [-0.25, -0.2) is 5.84 Å². The fraction of sp³-hybridized carbons (Fsp3) is 0.323. The Morgan fingerprint density at radius 3 is 1.81 bits per heavy atom. The summed E-state index contributed by atoms with van der Waals surface area (Å²) in [6.07, 6.45) is 8.29. The van der Waals surface area contributed by atoms with Crippen LogP contribution >= 0.6 is 0 Å². The minimum Gasteiger partial charge on any atom is -0.400 e. The topological polar surface area (TPSA) is 174 Å². The van der Waals surface area contributed by atoms with E-state index < -0.39 is 5.54 Å². The highest BCUT2D eigenvalue weighted by Crippen LogP contribution is 2.14. The number of aliphatic hydroxyl groups excluding tert-OH is 3. The smallest absolute Gasteiger partial charge is 0.124 e. The summed E-state index contributed by atoms with van der Waals surface area (Å²) >= 11 is 0. The molecule has 0 radical (unpaired) electrons. The second kappa shape index (κ2) is 20.8. The molecule has 0 atom stereocenters. The zero-order chi connectivity index (χ0) is 31.2. The Morgan fingerprint density at radius 2 is 1.45 bits per heavy atom. The Bertz CT molecular complexity index is 1100. The average molecular weight is 580 g/mol. The summed E-state index contributed by atoms with van der Waals surface area (Å²) in [5.41, 5.74) is 9.64. The number of aromatic nitrogens is 2. The summed E-state index contributed by atoms with van der Waals surface area (Å²) in [6.45, 7) is 6.22. The molecule has 0 saturated heterocycles. The lowest BCUT2D eigenvalue weighted by atomic mass is 10.1. The molecule has 0 bridgehead atoms. The maximum Gasteiger partial charge on any atom is 0.124 e. The van der Waals surface area contributed by atoms with E-state index >= 15 is 0 Å². The van der Waals surface area contributed by atoms with E-state index in [2.05, 4.69) is 26.8 Å². The summed E-state index contributed by atoms with van der Waals surface area (Å²) in [4.78, 5) is 21.6. The van der Waals surface area contributed by atoms with Gasteiger partial charge < -0.3 is 31.2 Å². The number of aliphatic hydroxyl groups is 3. The van der Waals surface area contributed by atoms with Gasteiger partial charge in [-0.15, -0.1) is 6.58 Å². The second-order valence-corrected chi connectivity index (χ2v) is 9.35. The summed E-state index contributed by atoms with van der Waals surface area (Å²) in [5.74, 6) is 6.17. The molecule has 2 heterocycles. The molecule has 42 heavy (non-hydrogen) atoms. The van der Waals surface area contributed by atoms with Gasteiger partial charge in [-0.2, -0.15) is 0 Å². The molecule has 1 aromatic carbocycles. The van der Waals surface area contributed by atoms with Crippen LogP contribution in [0.4, 0.5) is 5.69 Å². The molecule has 3 aromatic rings. The van der Waals surface area contributed by atoms with Crippen LogP contribution in [0.5, 0.6) is 0 Å². The van der Waals surface area contributed by atoms with Crippen molar-refractivity contribution in [2.45, 2.75) is 32.0 Å². The van der Waals surface area contributed by atoms with E-state index in [1.807, 2.05) is 67.6 Å². The Balaban J connectivity index is 0.000000622. The monoisotopic (exact) mass is 579 g/mol. The van der Waals surface area contributed by atoms with Crippen molar-refractivity contribution >= 4 is 12.0 Å². The second-order valence-electron chi connectivity index (χ2n) is 9.35. The van der Waals surface area contributed by atoms with E-state index in [9.17, 15) is 4.79 Å². The molecule has 0 fully saturated rings. The molecule has 0 aliphatic carbocycles. The number of allylic oxidation sites excluding steroid dienone is 1. The fourth-order valence-corrected chi connectivity index (χ4v) is 3.45. The van der Waals surface area contributed by atoms with Crippen molar-refractivity contribution in [3.63, 3.8) is 0 Å². The van der Waals surface area contributed by atoms with Gasteiger partial charge >= 0.3 is 0 Å². The number of anilines is 1. The Kier molecular flexibility index (Phi) is 17.9. The number of hydrazine groups is 1. The molecule has 3 rings (SSSR count). The first-order valence-electron chi connectivity index (χ1n) is 13.4. The average Bonchev–Trinajstić information content (AvgIpc) is 3.01. The summed E-state index contributed by atoms with van der Waals surface area (Å²) in [7, 11) is 1.57. The highest BCUT2D eigenvalue weighted by Gasteiger charge is 2.24. The van der Waals surface area contributed by atoms with Crippen molar-refractivity contribution in [2.75, 3.05) is 38.4 Å².